The molecule has 1 aliphatic rings. The largest absolute Gasteiger partial charge is 0.439 e. The highest BCUT2D eigenvalue weighted by Crippen LogP contribution is 2.27. The fourth-order valence-corrected chi connectivity index (χ4v) is 3.99. The second kappa shape index (κ2) is 9.98. The number of hydrogen-bond donors (Lipinski definition) is 3. The van der Waals surface area contributed by atoms with Gasteiger partial charge in [-0.15, -0.1) is 0 Å². The predicted molar refractivity (Wildman–Crippen MR) is 131 cm³/mol. The van der Waals surface area contributed by atoms with E-state index in [1.165, 1.54) is 4.90 Å². The van der Waals surface area contributed by atoms with Crippen LogP contribution in [0, 0.1) is 0 Å². The first-order valence-corrected chi connectivity index (χ1v) is 11.2. The van der Waals surface area contributed by atoms with E-state index >= 15 is 0 Å². The number of hydrogen-bond acceptors (Lipinski definition) is 7. The van der Waals surface area contributed by atoms with Gasteiger partial charge in [-0.1, -0.05) is 47.6 Å². The number of aliphatic hydroxyl groups excluding tert-OH is 1. The number of H-pyrrole nitrogens is 1. The number of aromatic nitrogens is 2. The topological polar surface area (TPSA) is 138 Å². The van der Waals surface area contributed by atoms with Crippen molar-refractivity contribution in [3.8, 4) is 22.5 Å². The van der Waals surface area contributed by atoms with Crippen molar-refractivity contribution in [2.75, 3.05) is 23.4 Å². The average Bonchev–Trinajstić information content (AvgIpc) is 3.35. The first-order valence-electron chi connectivity index (χ1n) is 11.2. The number of carbonyl (C=O) groups excluding carboxylic acids is 2. The number of morpholine rings is 1. The third-order valence-electron chi connectivity index (χ3n) is 5.81. The third kappa shape index (κ3) is 4.81. The Kier molecular flexibility index (Phi) is 6.44. The molecule has 1 aliphatic heterocycles. The van der Waals surface area contributed by atoms with Crippen molar-refractivity contribution < 1.29 is 24.0 Å². The number of nitrogens with one attached hydrogen (secondary N) is 2. The maximum Gasteiger partial charge on any atom is 0.439 e. The SMILES string of the molecule is O=C(Nc1ccc(-c2noc(=O)[nH]2)cc1)[C@H](O)[C@H]1OCCN(c2cccc(-c3ccccc3)c2)C1=O. The fourth-order valence-electron chi connectivity index (χ4n) is 3.99. The number of carbonyl (C=O) groups is 2. The van der Waals surface area contributed by atoms with Crippen molar-refractivity contribution in [1.82, 2.24) is 10.1 Å². The van der Waals surface area contributed by atoms with E-state index in [2.05, 4.69) is 20.0 Å². The van der Waals surface area contributed by atoms with E-state index in [1.54, 1.807) is 24.3 Å². The molecule has 2 amide bonds. The number of benzene rings is 3. The number of nitrogens with zero attached hydrogens (tertiary/aromatic N) is 2. The first-order chi connectivity index (χ1) is 17.5. The zero-order valence-corrected chi connectivity index (χ0v) is 19.0. The predicted octanol–water partition coefficient (Wildman–Crippen LogP) is 2.43. The van der Waals surface area contributed by atoms with Gasteiger partial charge in [0.2, 0.25) is 0 Å². The molecule has 1 fully saturated rings. The average molecular weight is 486 g/mol. The van der Waals surface area contributed by atoms with Crippen LogP contribution in [0.3, 0.4) is 0 Å². The number of anilines is 2. The highest BCUT2D eigenvalue weighted by atomic mass is 16.5. The molecule has 4 aromatic rings. The molecular weight excluding hydrogens is 464 g/mol. The molecule has 0 unspecified atom stereocenters. The van der Waals surface area contributed by atoms with Crippen LogP contribution in [0.5, 0.6) is 0 Å². The monoisotopic (exact) mass is 486 g/mol. The molecule has 0 aliphatic carbocycles. The van der Waals surface area contributed by atoms with Gasteiger partial charge < -0.3 is 20.1 Å². The Balaban J connectivity index is 1.27. The molecule has 2 heterocycles. The summed E-state index contributed by atoms with van der Waals surface area (Å²) in [5.74, 6) is -1.71. The lowest BCUT2D eigenvalue weighted by atomic mass is 10.0. The number of aliphatic hydroxyl groups is 1. The van der Waals surface area contributed by atoms with Crippen molar-refractivity contribution in [3.05, 3.63) is 89.4 Å². The van der Waals surface area contributed by atoms with E-state index in [-0.39, 0.29) is 12.4 Å². The maximum atomic E-state index is 13.2. The van der Waals surface area contributed by atoms with Crippen LogP contribution < -0.4 is 16.0 Å². The van der Waals surface area contributed by atoms with Crippen molar-refractivity contribution in [1.29, 1.82) is 0 Å². The summed E-state index contributed by atoms with van der Waals surface area (Å²) in [5, 5.41) is 16.8. The van der Waals surface area contributed by atoms with Gasteiger partial charge in [0, 0.05) is 23.5 Å². The summed E-state index contributed by atoms with van der Waals surface area (Å²) in [6, 6.07) is 23.6. The van der Waals surface area contributed by atoms with E-state index in [1.807, 2.05) is 54.6 Å². The molecular formula is C26H22N4O6. The van der Waals surface area contributed by atoms with E-state index in [0.717, 1.165) is 11.1 Å². The Morgan fingerprint density at radius 3 is 2.47 bits per heavy atom. The molecule has 10 heteroatoms. The van der Waals surface area contributed by atoms with Crippen LogP contribution in [-0.4, -0.2) is 52.4 Å². The van der Waals surface area contributed by atoms with Gasteiger partial charge in [0.25, 0.3) is 11.8 Å². The second-order valence-electron chi connectivity index (χ2n) is 8.15. The van der Waals surface area contributed by atoms with Crippen LogP contribution in [-0.2, 0) is 14.3 Å². The molecule has 5 rings (SSSR count). The van der Waals surface area contributed by atoms with Gasteiger partial charge in [-0.05, 0) is 47.5 Å². The zero-order valence-electron chi connectivity index (χ0n) is 19.0. The normalized spacial score (nSPS) is 16.5. The zero-order chi connectivity index (χ0) is 25.1. The Morgan fingerprint density at radius 2 is 1.75 bits per heavy atom. The van der Waals surface area contributed by atoms with Crippen LogP contribution in [0.15, 0.2) is 88.2 Å². The highest BCUT2D eigenvalue weighted by Gasteiger charge is 2.39. The molecule has 36 heavy (non-hydrogen) atoms. The Labute approximate surface area is 205 Å². The van der Waals surface area contributed by atoms with Crippen molar-refractivity contribution in [2.45, 2.75) is 12.2 Å². The van der Waals surface area contributed by atoms with Crippen LogP contribution >= 0.6 is 0 Å². The molecule has 1 saturated heterocycles. The van der Waals surface area contributed by atoms with Gasteiger partial charge in [-0.25, -0.2) is 4.79 Å². The summed E-state index contributed by atoms with van der Waals surface area (Å²) >= 11 is 0. The second-order valence-corrected chi connectivity index (χ2v) is 8.15. The number of aromatic amines is 1. The minimum absolute atomic E-state index is 0.168. The molecule has 182 valence electrons. The van der Waals surface area contributed by atoms with Gasteiger partial charge in [0.05, 0.1) is 6.61 Å². The number of amides is 2. The lowest BCUT2D eigenvalue weighted by molar-refractivity contribution is -0.150. The molecule has 0 radical (unpaired) electrons. The molecule has 0 spiro atoms. The molecule has 1 aromatic heterocycles. The quantitative estimate of drug-likeness (QED) is 0.381. The lowest BCUT2D eigenvalue weighted by Crippen LogP contribution is -2.55. The van der Waals surface area contributed by atoms with Gasteiger partial charge in [0.1, 0.15) is 0 Å². The standard InChI is InChI=1S/C26H22N4O6/c31-21(24(32)27-19-11-9-17(10-12-19)23-28-26(34)36-29-23)22-25(33)30(13-14-35-22)20-8-4-7-18(15-20)16-5-2-1-3-6-16/h1-12,15,21-22,31H,13-14H2,(H,27,32)(H,28,29,34)/t21-,22-/m1/s1. The third-order valence-corrected chi connectivity index (χ3v) is 5.81. The summed E-state index contributed by atoms with van der Waals surface area (Å²) in [6.07, 6.45) is -3.07. The molecule has 2 atom stereocenters. The van der Waals surface area contributed by atoms with Crippen molar-refractivity contribution in [2.24, 2.45) is 0 Å². The van der Waals surface area contributed by atoms with Gasteiger partial charge >= 0.3 is 5.76 Å². The van der Waals surface area contributed by atoms with Crippen LogP contribution in [0.2, 0.25) is 0 Å². The highest BCUT2D eigenvalue weighted by molar-refractivity contribution is 6.04. The molecule has 0 saturated carbocycles. The number of ether oxygens (including phenoxy) is 1. The van der Waals surface area contributed by atoms with E-state index in [4.69, 9.17) is 4.74 Å². The van der Waals surface area contributed by atoms with Crippen molar-refractivity contribution in [3.63, 3.8) is 0 Å². The summed E-state index contributed by atoms with van der Waals surface area (Å²) in [7, 11) is 0. The first kappa shape index (κ1) is 23.2. The molecule has 3 N–H and O–H groups in total. The van der Waals surface area contributed by atoms with Crippen LogP contribution in [0.25, 0.3) is 22.5 Å². The minimum Gasteiger partial charge on any atom is -0.380 e. The van der Waals surface area contributed by atoms with Crippen molar-refractivity contribution >= 4 is 23.2 Å². The van der Waals surface area contributed by atoms with E-state index < -0.39 is 29.8 Å². The fraction of sp³-hybridized carbons (Fsp3) is 0.154. The smallest absolute Gasteiger partial charge is 0.380 e. The number of rotatable bonds is 6. The summed E-state index contributed by atoms with van der Waals surface area (Å²) in [6.45, 7) is 0.467. The van der Waals surface area contributed by atoms with Crippen LogP contribution in [0.4, 0.5) is 11.4 Å². The Hall–Kier alpha value is -4.54. The van der Waals surface area contributed by atoms with E-state index in [0.29, 0.717) is 23.5 Å². The summed E-state index contributed by atoms with van der Waals surface area (Å²) in [4.78, 5) is 41.0. The minimum atomic E-state index is -1.72. The van der Waals surface area contributed by atoms with Gasteiger partial charge in [0.15, 0.2) is 18.0 Å². The summed E-state index contributed by atoms with van der Waals surface area (Å²) in [5.41, 5.74) is 3.56. The maximum absolute atomic E-state index is 13.2. The summed E-state index contributed by atoms with van der Waals surface area (Å²) < 4.78 is 9.98. The van der Waals surface area contributed by atoms with Gasteiger partial charge in [-0.2, -0.15) is 0 Å². The molecule has 10 nitrogen and oxygen atoms in total. The lowest BCUT2D eigenvalue weighted by Gasteiger charge is -2.34. The van der Waals surface area contributed by atoms with E-state index in [9.17, 15) is 19.5 Å². The Morgan fingerprint density at radius 1 is 1.00 bits per heavy atom. The van der Waals surface area contributed by atoms with Crippen LogP contribution in [0.1, 0.15) is 0 Å². The molecule has 3 aromatic carbocycles. The van der Waals surface area contributed by atoms with Gasteiger partial charge in [-0.3, -0.25) is 19.1 Å². The molecule has 0 bridgehead atoms. The Bertz CT molecular complexity index is 1430.